The van der Waals surface area contributed by atoms with Crippen LogP contribution in [-0.2, 0) is 0 Å². The van der Waals surface area contributed by atoms with E-state index in [1.54, 1.807) is 0 Å². The van der Waals surface area contributed by atoms with E-state index in [0.29, 0.717) is 5.92 Å². The van der Waals surface area contributed by atoms with Gasteiger partial charge in [-0.25, -0.2) is 0 Å². The van der Waals surface area contributed by atoms with Crippen molar-refractivity contribution in [1.29, 1.82) is 0 Å². The Bertz CT molecular complexity index is 296. The number of benzene rings is 1. The first-order valence-electron chi connectivity index (χ1n) is 5.02. The van der Waals surface area contributed by atoms with Gasteiger partial charge in [-0.2, -0.15) is 0 Å². The Morgan fingerprint density at radius 3 is 2.71 bits per heavy atom. The second-order valence-electron chi connectivity index (χ2n) is 3.74. The third kappa shape index (κ3) is 3.33. The van der Waals surface area contributed by atoms with Crippen molar-refractivity contribution in [3.8, 4) is 5.75 Å². The number of hydrogen-bond acceptors (Lipinski definition) is 1. The van der Waals surface area contributed by atoms with Crippen LogP contribution >= 0.6 is 15.9 Å². The molecule has 0 radical (unpaired) electrons. The van der Waals surface area contributed by atoms with E-state index in [4.69, 9.17) is 4.74 Å². The van der Waals surface area contributed by atoms with Gasteiger partial charge in [0.1, 0.15) is 5.75 Å². The van der Waals surface area contributed by atoms with Crippen LogP contribution < -0.4 is 4.74 Å². The van der Waals surface area contributed by atoms with Crippen LogP contribution in [0.25, 0.3) is 0 Å². The van der Waals surface area contributed by atoms with Crippen LogP contribution in [0.15, 0.2) is 22.7 Å². The molecular weight excluding hydrogens is 240 g/mol. The average molecular weight is 257 g/mol. The monoisotopic (exact) mass is 256 g/mol. The first kappa shape index (κ1) is 11.6. The van der Waals surface area contributed by atoms with E-state index >= 15 is 0 Å². The van der Waals surface area contributed by atoms with E-state index in [2.05, 4.69) is 42.8 Å². The van der Waals surface area contributed by atoms with Crippen LogP contribution in [0, 0.1) is 12.8 Å². The lowest BCUT2D eigenvalue weighted by atomic mass is 10.1. The van der Waals surface area contributed by atoms with E-state index < -0.39 is 0 Å². The number of hydrogen-bond donors (Lipinski definition) is 0. The summed E-state index contributed by atoms with van der Waals surface area (Å²) < 4.78 is 6.81. The molecular formula is C12H17BrO. The summed E-state index contributed by atoms with van der Waals surface area (Å²) in [7, 11) is 0. The maximum atomic E-state index is 5.67. The summed E-state index contributed by atoms with van der Waals surface area (Å²) in [6.45, 7) is 7.25. The average Bonchev–Trinajstić information content (AvgIpc) is 2.19. The summed E-state index contributed by atoms with van der Waals surface area (Å²) in [5, 5.41) is 0. The summed E-state index contributed by atoms with van der Waals surface area (Å²) in [6, 6.07) is 6.09. The molecule has 0 heterocycles. The zero-order valence-corrected chi connectivity index (χ0v) is 10.6. The second-order valence-corrected chi connectivity index (χ2v) is 4.59. The highest BCUT2D eigenvalue weighted by Crippen LogP contribution is 2.22. The van der Waals surface area contributed by atoms with Gasteiger partial charge in [0.05, 0.1) is 6.61 Å². The minimum Gasteiger partial charge on any atom is -0.493 e. The Hall–Kier alpha value is -0.500. The quantitative estimate of drug-likeness (QED) is 0.786. The van der Waals surface area contributed by atoms with Gasteiger partial charge in [-0.15, -0.1) is 0 Å². The van der Waals surface area contributed by atoms with Crippen LogP contribution in [0.4, 0.5) is 0 Å². The molecule has 0 aliphatic rings. The van der Waals surface area contributed by atoms with Gasteiger partial charge >= 0.3 is 0 Å². The highest BCUT2D eigenvalue weighted by atomic mass is 79.9. The fourth-order valence-electron chi connectivity index (χ4n) is 1.06. The fraction of sp³-hybridized carbons (Fsp3) is 0.500. The molecule has 1 aromatic rings. The Kier molecular flexibility index (Phi) is 4.46. The Balaban J connectivity index is 2.55. The summed E-state index contributed by atoms with van der Waals surface area (Å²) in [5.41, 5.74) is 1.21. The Labute approximate surface area is 94.6 Å². The molecule has 0 aliphatic heterocycles. The third-order valence-corrected chi connectivity index (χ3v) is 3.25. The predicted octanol–water partition coefficient (Wildman–Crippen LogP) is 4.18. The van der Waals surface area contributed by atoms with Crippen molar-refractivity contribution in [3.63, 3.8) is 0 Å². The fourth-order valence-corrected chi connectivity index (χ4v) is 1.31. The van der Waals surface area contributed by atoms with Crippen molar-refractivity contribution in [2.75, 3.05) is 6.61 Å². The van der Waals surface area contributed by atoms with Gasteiger partial charge in [0.15, 0.2) is 0 Å². The normalized spacial score (nSPS) is 12.6. The molecule has 1 nitrogen and oxygen atoms in total. The molecule has 1 aromatic carbocycles. The maximum absolute atomic E-state index is 5.67. The van der Waals surface area contributed by atoms with Gasteiger partial charge in [-0.1, -0.05) is 36.2 Å². The van der Waals surface area contributed by atoms with Crippen molar-refractivity contribution >= 4 is 15.9 Å². The molecule has 2 heteroatoms. The van der Waals surface area contributed by atoms with Crippen molar-refractivity contribution in [2.45, 2.75) is 27.2 Å². The molecule has 0 amide bonds. The molecule has 0 aromatic heterocycles. The minimum atomic E-state index is 0.624. The Morgan fingerprint density at radius 1 is 1.43 bits per heavy atom. The van der Waals surface area contributed by atoms with Crippen molar-refractivity contribution in [3.05, 3.63) is 28.2 Å². The SMILES string of the molecule is CCC(C)COc1ccc(Br)c(C)c1. The molecule has 1 rings (SSSR count). The minimum absolute atomic E-state index is 0.624. The summed E-state index contributed by atoms with van der Waals surface area (Å²) in [6.07, 6.45) is 1.16. The number of halogens is 1. The van der Waals surface area contributed by atoms with Gasteiger partial charge in [-0.3, -0.25) is 0 Å². The highest BCUT2D eigenvalue weighted by molar-refractivity contribution is 9.10. The van der Waals surface area contributed by atoms with Crippen molar-refractivity contribution in [2.24, 2.45) is 5.92 Å². The van der Waals surface area contributed by atoms with Gasteiger partial charge in [-0.05, 0) is 36.6 Å². The standard InChI is InChI=1S/C12H17BrO/c1-4-9(2)8-14-11-5-6-12(13)10(3)7-11/h5-7,9H,4,8H2,1-3H3. The highest BCUT2D eigenvalue weighted by Gasteiger charge is 2.01. The molecule has 0 fully saturated rings. The first-order chi connectivity index (χ1) is 6.63. The molecule has 0 bridgehead atoms. The topological polar surface area (TPSA) is 9.23 Å². The maximum Gasteiger partial charge on any atom is 0.119 e. The predicted molar refractivity (Wildman–Crippen MR) is 63.8 cm³/mol. The molecule has 0 spiro atoms. The second kappa shape index (κ2) is 5.40. The summed E-state index contributed by atoms with van der Waals surface area (Å²) in [4.78, 5) is 0. The molecule has 0 saturated heterocycles. The van der Waals surface area contributed by atoms with Crippen LogP contribution in [0.3, 0.4) is 0 Å². The molecule has 1 atom stereocenters. The lowest BCUT2D eigenvalue weighted by Crippen LogP contribution is -2.07. The molecule has 14 heavy (non-hydrogen) atoms. The third-order valence-electron chi connectivity index (χ3n) is 2.36. The molecule has 0 aliphatic carbocycles. The van der Waals surface area contributed by atoms with E-state index in [9.17, 15) is 0 Å². The van der Waals surface area contributed by atoms with Gasteiger partial charge in [0.2, 0.25) is 0 Å². The van der Waals surface area contributed by atoms with E-state index in [1.807, 2.05) is 12.1 Å². The lowest BCUT2D eigenvalue weighted by molar-refractivity contribution is 0.256. The summed E-state index contributed by atoms with van der Waals surface area (Å²) >= 11 is 3.47. The van der Waals surface area contributed by atoms with Gasteiger partial charge < -0.3 is 4.74 Å². The van der Waals surface area contributed by atoms with Gasteiger partial charge in [0, 0.05) is 4.47 Å². The van der Waals surface area contributed by atoms with Crippen LogP contribution in [0.1, 0.15) is 25.8 Å². The number of rotatable bonds is 4. The zero-order chi connectivity index (χ0) is 10.6. The van der Waals surface area contributed by atoms with E-state index in [-0.39, 0.29) is 0 Å². The van der Waals surface area contributed by atoms with E-state index in [1.165, 1.54) is 5.56 Å². The number of aryl methyl sites for hydroxylation is 1. The molecule has 0 saturated carbocycles. The van der Waals surface area contributed by atoms with Crippen molar-refractivity contribution < 1.29 is 4.74 Å². The molecule has 78 valence electrons. The number of ether oxygens (including phenoxy) is 1. The first-order valence-corrected chi connectivity index (χ1v) is 5.81. The van der Waals surface area contributed by atoms with Crippen LogP contribution in [-0.4, -0.2) is 6.61 Å². The van der Waals surface area contributed by atoms with Gasteiger partial charge in [0.25, 0.3) is 0 Å². The van der Waals surface area contributed by atoms with Crippen LogP contribution in [0.5, 0.6) is 5.75 Å². The summed E-state index contributed by atoms with van der Waals surface area (Å²) in [5.74, 6) is 1.59. The Morgan fingerprint density at radius 2 is 2.14 bits per heavy atom. The molecule has 0 N–H and O–H groups in total. The smallest absolute Gasteiger partial charge is 0.119 e. The lowest BCUT2D eigenvalue weighted by Gasteiger charge is -2.11. The zero-order valence-electron chi connectivity index (χ0n) is 9.01. The van der Waals surface area contributed by atoms with E-state index in [0.717, 1.165) is 23.2 Å². The molecule has 1 unspecified atom stereocenters. The van der Waals surface area contributed by atoms with Crippen LogP contribution in [0.2, 0.25) is 0 Å². The largest absolute Gasteiger partial charge is 0.493 e. The van der Waals surface area contributed by atoms with Crippen molar-refractivity contribution in [1.82, 2.24) is 0 Å².